The molecule has 0 N–H and O–H groups in total. The van der Waals surface area contributed by atoms with Crippen LogP contribution in [0, 0.1) is 5.92 Å². The topological polar surface area (TPSA) is 9.23 Å². The summed E-state index contributed by atoms with van der Waals surface area (Å²) in [7, 11) is -2.92. The van der Waals surface area contributed by atoms with Crippen molar-refractivity contribution in [3.63, 3.8) is 0 Å². The molecule has 1 aromatic rings. The molecule has 1 saturated carbocycles. The molecule has 28 heavy (non-hydrogen) atoms. The Labute approximate surface area is 177 Å². The van der Waals surface area contributed by atoms with E-state index in [1.165, 1.54) is 56.3 Å². The Morgan fingerprint density at radius 3 is 2.11 bits per heavy atom. The quantitative estimate of drug-likeness (QED) is 0.268. The zero-order valence-electron chi connectivity index (χ0n) is 19.2. The molecule has 0 saturated heterocycles. The fraction of sp³-hybridized carbons (Fsp3) is 0.680. The lowest BCUT2D eigenvalue weighted by Crippen LogP contribution is -2.42. The van der Waals surface area contributed by atoms with Gasteiger partial charge >= 0.3 is 0 Å². The molecule has 0 aromatic heterocycles. The van der Waals surface area contributed by atoms with Crippen LogP contribution in [0.15, 0.2) is 42.5 Å². The predicted octanol–water partition coefficient (Wildman–Crippen LogP) is 7.52. The summed E-state index contributed by atoms with van der Waals surface area (Å²) in [4.78, 5) is 0. The average Bonchev–Trinajstić information content (AvgIpc) is 2.75. The molecule has 158 valence electrons. The van der Waals surface area contributed by atoms with Gasteiger partial charge in [0.2, 0.25) is 0 Å². The molecule has 1 nitrogen and oxygen atoms in total. The van der Waals surface area contributed by atoms with Gasteiger partial charge in [-0.1, -0.05) is 101 Å². The maximum Gasteiger partial charge on any atom is 0.192 e. The summed E-state index contributed by atoms with van der Waals surface area (Å²) >= 11 is 0. The van der Waals surface area contributed by atoms with Crippen LogP contribution in [0.25, 0.3) is 0 Å². The highest BCUT2D eigenvalue weighted by Gasteiger charge is 2.35. The summed E-state index contributed by atoms with van der Waals surface area (Å²) in [6, 6.07) is 16.2. The summed E-state index contributed by atoms with van der Waals surface area (Å²) in [6.45, 7) is 12.1. The minimum Gasteiger partial charge on any atom is -0.413 e. The van der Waals surface area contributed by atoms with Gasteiger partial charge in [0.15, 0.2) is 8.32 Å². The third-order valence-corrected chi connectivity index (χ3v) is 15.0. The monoisotopic (exact) mass is 416 g/mol. The van der Waals surface area contributed by atoms with E-state index < -0.39 is 16.4 Å². The number of hydrogen-bond donors (Lipinski definition) is 0. The zero-order valence-corrected chi connectivity index (χ0v) is 21.2. The van der Waals surface area contributed by atoms with Gasteiger partial charge in [0.1, 0.15) is 0 Å². The van der Waals surface area contributed by atoms with E-state index in [9.17, 15) is 0 Å². The lowest BCUT2D eigenvalue weighted by molar-refractivity contribution is 0.0988. The Balaban J connectivity index is 2.02. The zero-order chi connectivity index (χ0) is 20.5. The Bertz CT molecular complexity index is 563. The van der Waals surface area contributed by atoms with Gasteiger partial charge < -0.3 is 4.43 Å². The molecule has 0 aliphatic heterocycles. The third-order valence-electron chi connectivity index (χ3n) is 7.23. The van der Waals surface area contributed by atoms with Crippen LogP contribution in [-0.2, 0) is 4.43 Å². The van der Waals surface area contributed by atoms with Crippen molar-refractivity contribution in [2.45, 2.75) is 103 Å². The second kappa shape index (κ2) is 11.5. The van der Waals surface area contributed by atoms with E-state index in [1.54, 1.807) is 5.19 Å². The summed E-state index contributed by atoms with van der Waals surface area (Å²) in [5.74, 6) is 0.786. The highest BCUT2D eigenvalue weighted by atomic mass is 28.4. The molecule has 2 rings (SSSR count). The second-order valence-corrected chi connectivity index (χ2v) is 18.9. The van der Waals surface area contributed by atoms with E-state index in [1.807, 2.05) is 0 Å². The van der Waals surface area contributed by atoms with Gasteiger partial charge in [0.25, 0.3) is 0 Å². The molecular weight excluding hydrogens is 372 g/mol. The van der Waals surface area contributed by atoms with Crippen LogP contribution in [0.1, 0.15) is 59.3 Å². The number of hydrogen-bond acceptors (Lipinski definition) is 1. The van der Waals surface area contributed by atoms with Crippen molar-refractivity contribution in [3.8, 4) is 0 Å². The Morgan fingerprint density at radius 2 is 1.54 bits per heavy atom. The van der Waals surface area contributed by atoms with Crippen LogP contribution < -0.4 is 5.19 Å². The van der Waals surface area contributed by atoms with Crippen molar-refractivity contribution in [1.29, 1.82) is 0 Å². The van der Waals surface area contributed by atoms with Gasteiger partial charge in [-0.15, -0.1) is 0 Å². The van der Waals surface area contributed by atoms with Crippen LogP contribution in [0.2, 0.25) is 37.3 Å². The first-order chi connectivity index (χ1) is 13.5. The molecule has 0 heterocycles. The molecule has 1 aliphatic carbocycles. The smallest absolute Gasteiger partial charge is 0.192 e. The molecule has 0 radical (unpaired) electrons. The Hall–Kier alpha value is -0.646. The van der Waals surface area contributed by atoms with E-state index in [0.29, 0.717) is 6.10 Å². The van der Waals surface area contributed by atoms with Gasteiger partial charge in [-0.05, 0) is 49.4 Å². The summed E-state index contributed by atoms with van der Waals surface area (Å²) in [5.41, 5.74) is 0. The van der Waals surface area contributed by atoms with Crippen LogP contribution in [0.5, 0.6) is 0 Å². The fourth-order valence-electron chi connectivity index (χ4n) is 4.78. The summed E-state index contributed by atoms with van der Waals surface area (Å²) in [5, 5.41) is 1.56. The van der Waals surface area contributed by atoms with Crippen LogP contribution in [-0.4, -0.2) is 22.5 Å². The molecule has 1 atom stereocenters. The van der Waals surface area contributed by atoms with Crippen molar-refractivity contribution in [2.24, 2.45) is 5.92 Å². The predicted molar refractivity (Wildman–Crippen MR) is 131 cm³/mol. The molecular formula is C25H44OSi2. The maximum atomic E-state index is 7.04. The normalized spacial score (nSPS) is 17.9. The second-order valence-electron chi connectivity index (χ2n) is 9.46. The van der Waals surface area contributed by atoms with Crippen molar-refractivity contribution in [3.05, 3.63) is 42.5 Å². The Kier molecular flexibility index (Phi) is 9.72. The fourth-order valence-corrected chi connectivity index (χ4v) is 9.80. The molecule has 0 amide bonds. The van der Waals surface area contributed by atoms with E-state index >= 15 is 0 Å². The maximum absolute atomic E-state index is 7.04. The average molecular weight is 417 g/mol. The van der Waals surface area contributed by atoms with Gasteiger partial charge in [-0.2, -0.15) is 0 Å². The molecule has 0 spiro atoms. The first-order valence-electron chi connectivity index (χ1n) is 11.8. The summed E-state index contributed by atoms with van der Waals surface area (Å²) in [6.07, 6.45) is 13.5. The molecule has 0 bridgehead atoms. The number of allylic oxidation sites excluding steroid dienone is 1. The lowest BCUT2D eigenvalue weighted by atomic mass is 9.84. The Morgan fingerprint density at radius 1 is 0.929 bits per heavy atom. The van der Waals surface area contributed by atoms with Gasteiger partial charge in [-0.3, -0.25) is 0 Å². The molecule has 1 fully saturated rings. The minimum absolute atomic E-state index is 0.463. The van der Waals surface area contributed by atoms with E-state index in [4.69, 9.17) is 4.43 Å². The molecule has 3 heteroatoms. The highest BCUT2D eigenvalue weighted by Crippen LogP contribution is 2.34. The van der Waals surface area contributed by atoms with Gasteiger partial charge in [0.05, 0.1) is 14.2 Å². The van der Waals surface area contributed by atoms with E-state index in [0.717, 1.165) is 12.3 Å². The van der Waals surface area contributed by atoms with Crippen LogP contribution >= 0.6 is 0 Å². The van der Waals surface area contributed by atoms with E-state index in [2.05, 4.69) is 76.3 Å². The van der Waals surface area contributed by atoms with Crippen LogP contribution in [0.3, 0.4) is 0 Å². The van der Waals surface area contributed by atoms with Crippen molar-refractivity contribution in [2.75, 3.05) is 0 Å². The molecule has 1 aromatic carbocycles. The minimum atomic E-state index is -1.54. The van der Waals surface area contributed by atoms with Crippen molar-refractivity contribution >= 4 is 21.6 Å². The first kappa shape index (κ1) is 23.6. The highest BCUT2D eigenvalue weighted by molar-refractivity contribution is 6.90. The third kappa shape index (κ3) is 6.71. The van der Waals surface area contributed by atoms with Gasteiger partial charge in [0, 0.05) is 0 Å². The van der Waals surface area contributed by atoms with Crippen molar-refractivity contribution < 1.29 is 4.43 Å². The van der Waals surface area contributed by atoms with Crippen molar-refractivity contribution in [1.82, 2.24) is 0 Å². The molecule has 1 aliphatic rings. The number of rotatable bonds is 11. The van der Waals surface area contributed by atoms with Gasteiger partial charge in [-0.25, -0.2) is 0 Å². The summed E-state index contributed by atoms with van der Waals surface area (Å²) < 4.78 is 7.04. The largest absolute Gasteiger partial charge is 0.413 e. The lowest BCUT2D eigenvalue weighted by Gasteiger charge is -2.38. The molecule has 1 unspecified atom stereocenters. The van der Waals surface area contributed by atoms with E-state index in [-0.39, 0.29) is 0 Å². The standard InChI is InChI=1S/C25H44OSi2/c1-6-28(7-2,8-3)26-25(23-17-11-9-12-18-23)21-15-16-22-27(4,5)24-19-13-10-14-20-24/h10,13-16,19-20,23,25H,6-9,11-12,17-18,21-22H2,1-5H3/b16-15-. The first-order valence-corrected chi connectivity index (χ1v) is 17.6. The van der Waals surface area contributed by atoms with Crippen LogP contribution in [0.4, 0.5) is 0 Å². The number of benzene rings is 1. The SMILES string of the molecule is CC[Si](CC)(CC)OC(C/C=C\C[Si](C)(C)c1ccccc1)C1CCCCC1.